The predicted octanol–water partition coefficient (Wildman–Crippen LogP) is 2.59. The van der Waals surface area contributed by atoms with Crippen molar-refractivity contribution < 1.29 is 37.7 Å². The molecule has 1 aromatic heterocycles. The highest BCUT2D eigenvalue weighted by Crippen LogP contribution is 2.39. The van der Waals surface area contributed by atoms with E-state index in [1.807, 2.05) is 6.92 Å². The van der Waals surface area contributed by atoms with Gasteiger partial charge in [-0.25, -0.2) is 4.79 Å². The molecule has 2 rings (SSSR count). The molecule has 0 atom stereocenters. The molecule has 2 aromatic rings. The fourth-order valence-corrected chi connectivity index (χ4v) is 2.35. The van der Waals surface area contributed by atoms with Crippen molar-refractivity contribution >= 4 is 17.8 Å². The van der Waals surface area contributed by atoms with E-state index in [1.165, 1.54) is 30.5 Å². The number of nitrogens with one attached hydrogen (secondary N) is 1. The number of rotatable bonds is 10. The van der Waals surface area contributed by atoms with Crippen LogP contribution in [0.15, 0.2) is 34.9 Å². The quantitative estimate of drug-likeness (QED) is 0.600. The Balaban J connectivity index is 2.08. The number of imide groups is 1. The average molecular weight is 405 g/mol. The van der Waals surface area contributed by atoms with Gasteiger partial charge >= 0.3 is 5.97 Å². The molecule has 0 saturated heterocycles. The van der Waals surface area contributed by atoms with Crippen LogP contribution in [0.2, 0.25) is 0 Å². The van der Waals surface area contributed by atoms with E-state index < -0.39 is 24.4 Å². The number of carbonyl (C=O) groups is 3. The first kappa shape index (κ1) is 21.8. The summed E-state index contributed by atoms with van der Waals surface area (Å²) in [6, 6.07) is 5.81. The number of furan rings is 1. The molecule has 1 heterocycles. The molecule has 29 heavy (non-hydrogen) atoms. The third-order valence-electron chi connectivity index (χ3n) is 3.48. The van der Waals surface area contributed by atoms with Gasteiger partial charge in [-0.2, -0.15) is 0 Å². The average Bonchev–Trinajstić information content (AvgIpc) is 3.23. The number of hydrogen-bond acceptors (Lipinski definition) is 8. The molecular weight excluding hydrogens is 382 g/mol. The van der Waals surface area contributed by atoms with Crippen LogP contribution < -0.4 is 19.5 Å². The summed E-state index contributed by atoms with van der Waals surface area (Å²) in [6.07, 6.45) is 1.30. The zero-order valence-corrected chi connectivity index (χ0v) is 16.5. The van der Waals surface area contributed by atoms with Crippen molar-refractivity contribution in [3.8, 4) is 17.2 Å². The van der Waals surface area contributed by atoms with E-state index in [-0.39, 0.29) is 11.3 Å². The molecule has 0 radical (unpaired) electrons. The Labute approximate surface area is 167 Å². The fraction of sp³-hybridized carbons (Fsp3) is 0.350. The fourth-order valence-electron chi connectivity index (χ4n) is 2.35. The van der Waals surface area contributed by atoms with Gasteiger partial charge in [0.05, 0.1) is 31.6 Å². The van der Waals surface area contributed by atoms with Crippen LogP contribution in [0.5, 0.6) is 17.2 Å². The van der Waals surface area contributed by atoms with Crippen molar-refractivity contribution in [2.75, 3.05) is 26.4 Å². The van der Waals surface area contributed by atoms with Gasteiger partial charge in [-0.1, -0.05) is 0 Å². The lowest BCUT2D eigenvalue weighted by Crippen LogP contribution is -2.34. The molecule has 0 spiro atoms. The Morgan fingerprint density at radius 3 is 2.10 bits per heavy atom. The smallest absolute Gasteiger partial charge is 0.338 e. The molecule has 9 heteroatoms. The largest absolute Gasteiger partial charge is 0.490 e. The predicted molar refractivity (Wildman–Crippen MR) is 101 cm³/mol. The minimum Gasteiger partial charge on any atom is -0.490 e. The topological polar surface area (TPSA) is 113 Å². The Morgan fingerprint density at radius 2 is 1.59 bits per heavy atom. The molecule has 0 fully saturated rings. The summed E-state index contributed by atoms with van der Waals surface area (Å²) in [5.74, 6) is -1.30. The molecule has 9 nitrogen and oxygen atoms in total. The van der Waals surface area contributed by atoms with Crippen molar-refractivity contribution in [1.82, 2.24) is 5.32 Å². The second-order valence-corrected chi connectivity index (χ2v) is 5.53. The van der Waals surface area contributed by atoms with Crippen LogP contribution in [0.3, 0.4) is 0 Å². The molecule has 1 N–H and O–H groups in total. The Kier molecular flexibility index (Phi) is 8.08. The van der Waals surface area contributed by atoms with Crippen LogP contribution >= 0.6 is 0 Å². The van der Waals surface area contributed by atoms with Gasteiger partial charge in [-0.05, 0) is 45.0 Å². The zero-order chi connectivity index (χ0) is 21.2. The molecule has 1 aromatic carbocycles. The third kappa shape index (κ3) is 6.00. The summed E-state index contributed by atoms with van der Waals surface area (Å²) >= 11 is 0. The first-order chi connectivity index (χ1) is 14.0. The normalized spacial score (nSPS) is 10.2. The first-order valence-corrected chi connectivity index (χ1v) is 9.11. The second-order valence-electron chi connectivity index (χ2n) is 5.53. The van der Waals surface area contributed by atoms with Crippen LogP contribution in [0.25, 0.3) is 0 Å². The highest BCUT2D eigenvalue weighted by atomic mass is 16.5. The molecule has 0 saturated carbocycles. The Hall–Kier alpha value is -3.49. The van der Waals surface area contributed by atoms with E-state index in [0.717, 1.165) is 0 Å². The summed E-state index contributed by atoms with van der Waals surface area (Å²) < 4.78 is 26.5. The summed E-state index contributed by atoms with van der Waals surface area (Å²) in [6.45, 7) is 5.84. The number of ether oxygens (including phenoxy) is 4. The standard InChI is InChI=1S/C20H23NO8/c1-4-25-15-10-13(11-16(26-5-2)18(15)27-6-3)20(24)29-12-17(22)21-19(23)14-8-7-9-28-14/h7-11H,4-6,12H2,1-3H3,(H,21,22,23). The van der Waals surface area contributed by atoms with E-state index in [0.29, 0.717) is 37.1 Å². The van der Waals surface area contributed by atoms with Crippen molar-refractivity contribution in [3.05, 3.63) is 41.9 Å². The highest BCUT2D eigenvalue weighted by molar-refractivity contribution is 6.04. The summed E-state index contributed by atoms with van der Waals surface area (Å²) in [5.41, 5.74) is 0.116. The van der Waals surface area contributed by atoms with Crippen LogP contribution in [0.1, 0.15) is 41.7 Å². The lowest BCUT2D eigenvalue weighted by atomic mass is 10.2. The lowest BCUT2D eigenvalue weighted by molar-refractivity contribution is -0.123. The van der Waals surface area contributed by atoms with Gasteiger partial charge in [0.1, 0.15) is 0 Å². The van der Waals surface area contributed by atoms with E-state index in [4.69, 9.17) is 23.4 Å². The number of hydrogen-bond donors (Lipinski definition) is 1. The number of benzene rings is 1. The van der Waals surface area contributed by atoms with Crippen LogP contribution in [0, 0.1) is 0 Å². The Bertz CT molecular complexity index is 817. The van der Waals surface area contributed by atoms with Crippen LogP contribution in [-0.2, 0) is 9.53 Å². The maximum absolute atomic E-state index is 12.4. The number of esters is 1. The van der Waals surface area contributed by atoms with Gasteiger partial charge in [-0.3, -0.25) is 14.9 Å². The van der Waals surface area contributed by atoms with Crippen molar-refractivity contribution in [3.63, 3.8) is 0 Å². The first-order valence-electron chi connectivity index (χ1n) is 9.11. The summed E-state index contributed by atoms with van der Waals surface area (Å²) in [4.78, 5) is 36.0. The molecule has 0 unspecified atom stereocenters. The molecule has 0 aliphatic carbocycles. The monoisotopic (exact) mass is 405 g/mol. The molecular formula is C20H23NO8. The van der Waals surface area contributed by atoms with Gasteiger partial charge in [0.25, 0.3) is 11.8 Å². The molecule has 0 aliphatic rings. The van der Waals surface area contributed by atoms with Gasteiger partial charge < -0.3 is 23.4 Å². The zero-order valence-electron chi connectivity index (χ0n) is 16.5. The number of carbonyl (C=O) groups excluding carboxylic acids is 3. The van der Waals surface area contributed by atoms with Crippen LogP contribution in [0.4, 0.5) is 0 Å². The van der Waals surface area contributed by atoms with E-state index in [2.05, 4.69) is 5.32 Å². The van der Waals surface area contributed by atoms with Crippen molar-refractivity contribution in [2.24, 2.45) is 0 Å². The summed E-state index contributed by atoms with van der Waals surface area (Å²) in [7, 11) is 0. The van der Waals surface area contributed by atoms with E-state index >= 15 is 0 Å². The molecule has 0 aliphatic heterocycles. The van der Waals surface area contributed by atoms with Crippen LogP contribution in [-0.4, -0.2) is 44.2 Å². The maximum Gasteiger partial charge on any atom is 0.338 e. The minimum absolute atomic E-state index is 0.0288. The van der Waals surface area contributed by atoms with Gasteiger partial charge in [0.2, 0.25) is 5.75 Å². The Morgan fingerprint density at radius 1 is 0.966 bits per heavy atom. The SMILES string of the molecule is CCOc1cc(C(=O)OCC(=O)NC(=O)c2ccco2)cc(OCC)c1OCC. The minimum atomic E-state index is -0.791. The maximum atomic E-state index is 12.4. The lowest BCUT2D eigenvalue weighted by Gasteiger charge is -2.16. The van der Waals surface area contributed by atoms with E-state index in [1.54, 1.807) is 13.8 Å². The molecule has 156 valence electrons. The highest BCUT2D eigenvalue weighted by Gasteiger charge is 2.20. The summed E-state index contributed by atoms with van der Waals surface area (Å²) in [5, 5.41) is 2.06. The number of amides is 2. The van der Waals surface area contributed by atoms with Gasteiger partial charge in [0, 0.05) is 0 Å². The molecule has 2 amide bonds. The van der Waals surface area contributed by atoms with Gasteiger partial charge in [0.15, 0.2) is 23.9 Å². The van der Waals surface area contributed by atoms with E-state index in [9.17, 15) is 14.4 Å². The second kappa shape index (κ2) is 10.7. The molecule has 0 bridgehead atoms. The van der Waals surface area contributed by atoms with Crippen molar-refractivity contribution in [2.45, 2.75) is 20.8 Å². The van der Waals surface area contributed by atoms with Crippen molar-refractivity contribution in [1.29, 1.82) is 0 Å². The third-order valence-corrected chi connectivity index (χ3v) is 3.48. The van der Waals surface area contributed by atoms with Gasteiger partial charge in [-0.15, -0.1) is 0 Å².